The molecule has 118 valence electrons. The molecule has 1 aliphatic rings. The Labute approximate surface area is 125 Å². The Morgan fingerprint density at radius 3 is 2.67 bits per heavy atom. The maximum absolute atomic E-state index is 12.4. The summed E-state index contributed by atoms with van der Waals surface area (Å²) in [4.78, 5) is 14.0. The second-order valence-electron chi connectivity index (χ2n) is 5.80. The van der Waals surface area contributed by atoms with Crippen LogP contribution in [-0.2, 0) is 17.8 Å². The maximum atomic E-state index is 12.4. The third kappa shape index (κ3) is 3.27. The summed E-state index contributed by atoms with van der Waals surface area (Å²) in [6, 6.07) is 0. The standard InChI is InChI=1S/C15H25N3O3/c1-4-13-10(2)16-18(11(13)3)8-15(21)17-6-5-12(9-19)14(20)7-17/h12,14,19-20H,4-9H2,1-3H3/t12-,14-/m1/s1. The van der Waals surface area contributed by atoms with Crippen molar-refractivity contribution in [2.24, 2.45) is 5.92 Å². The summed E-state index contributed by atoms with van der Waals surface area (Å²) >= 11 is 0. The molecule has 1 amide bonds. The van der Waals surface area contributed by atoms with Crippen molar-refractivity contribution in [2.75, 3.05) is 19.7 Å². The minimum absolute atomic E-state index is 0.0273. The first kappa shape index (κ1) is 16.0. The number of aryl methyl sites for hydroxylation is 1. The van der Waals surface area contributed by atoms with Crippen molar-refractivity contribution in [1.29, 1.82) is 0 Å². The van der Waals surface area contributed by atoms with E-state index in [1.165, 1.54) is 5.56 Å². The van der Waals surface area contributed by atoms with Crippen molar-refractivity contribution < 1.29 is 15.0 Å². The lowest BCUT2D eigenvalue weighted by Crippen LogP contribution is -2.48. The number of aromatic nitrogens is 2. The van der Waals surface area contributed by atoms with Gasteiger partial charge in [0.15, 0.2) is 0 Å². The van der Waals surface area contributed by atoms with E-state index < -0.39 is 6.10 Å². The van der Waals surface area contributed by atoms with Gasteiger partial charge in [0.25, 0.3) is 0 Å². The molecule has 1 aromatic rings. The molecule has 0 saturated carbocycles. The number of likely N-dealkylation sites (tertiary alicyclic amines) is 1. The Morgan fingerprint density at radius 2 is 2.14 bits per heavy atom. The van der Waals surface area contributed by atoms with Crippen LogP contribution in [0.2, 0.25) is 0 Å². The van der Waals surface area contributed by atoms with Gasteiger partial charge in [-0.2, -0.15) is 5.10 Å². The number of nitrogens with zero attached hydrogens (tertiary/aromatic N) is 3. The van der Waals surface area contributed by atoms with Crippen molar-refractivity contribution >= 4 is 5.91 Å². The van der Waals surface area contributed by atoms with E-state index >= 15 is 0 Å². The summed E-state index contributed by atoms with van der Waals surface area (Å²) in [7, 11) is 0. The molecule has 2 atom stereocenters. The summed E-state index contributed by atoms with van der Waals surface area (Å²) in [5, 5.41) is 23.5. The van der Waals surface area contributed by atoms with E-state index in [0.717, 1.165) is 17.8 Å². The molecule has 2 N–H and O–H groups in total. The zero-order chi connectivity index (χ0) is 15.6. The van der Waals surface area contributed by atoms with Crippen molar-refractivity contribution in [3.63, 3.8) is 0 Å². The first-order chi connectivity index (χ1) is 9.97. The van der Waals surface area contributed by atoms with Crippen molar-refractivity contribution in [1.82, 2.24) is 14.7 Å². The summed E-state index contributed by atoms with van der Waals surface area (Å²) in [6.45, 7) is 7.09. The molecule has 6 nitrogen and oxygen atoms in total. The summed E-state index contributed by atoms with van der Waals surface area (Å²) in [6.07, 6.45) is 0.909. The fourth-order valence-corrected chi connectivity index (χ4v) is 3.05. The van der Waals surface area contributed by atoms with Crippen LogP contribution in [0, 0.1) is 19.8 Å². The Hall–Kier alpha value is -1.40. The second-order valence-corrected chi connectivity index (χ2v) is 5.80. The van der Waals surface area contributed by atoms with E-state index in [4.69, 9.17) is 5.11 Å². The highest BCUT2D eigenvalue weighted by atomic mass is 16.3. The van der Waals surface area contributed by atoms with E-state index in [0.29, 0.717) is 19.5 Å². The summed E-state index contributed by atoms with van der Waals surface area (Å²) in [5.74, 6) is -0.145. The van der Waals surface area contributed by atoms with Gasteiger partial charge in [0.2, 0.25) is 5.91 Å². The number of amides is 1. The molecule has 0 spiro atoms. The summed E-state index contributed by atoms with van der Waals surface area (Å²) in [5.41, 5.74) is 3.21. The van der Waals surface area contributed by atoms with Crippen LogP contribution in [0.1, 0.15) is 30.3 Å². The highest BCUT2D eigenvalue weighted by molar-refractivity contribution is 5.76. The monoisotopic (exact) mass is 295 g/mol. The number of carbonyl (C=O) groups excluding carboxylic acids is 1. The first-order valence-corrected chi connectivity index (χ1v) is 7.57. The van der Waals surface area contributed by atoms with Crippen LogP contribution >= 0.6 is 0 Å². The van der Waals surface area contributed by atoms with Crippen LogP contribution < -0.4 is 0 Å². The van der Waals surface area contributed by atoms with Gasteiger partial charge >= 0.3 is 0 Å². The molecule has 1 aromatic heterocycles. The van der Waals surface area contributed by atoms with Gasteiger partial charge in [-0.1, -0.05) is 6.92 Å². The Bertz CT molecular complexity index is 513. The maximum Gasteiger partial charge on any atom is 0.244 e. The van der Waals surface area contributed by atoms with Gasteiger partial charge in [-0.15, -0.1) is 0 Å². The molecule has 0 radical (unpaired) electrons. The van der Waals surface area contributed by atoms with Crippen molar-refractivity contribution in [3.8, 4) is 0 Å². The minimum Gasteiger partial charge on any atom is -0.396 e. The molecule has 0 aliphatic carbocycles. The van der Waals surface area contributed by atoms with Gasteiger partial charge in [0.05, 0.1) is 11.8 Å². The Kier molecular flexibility index (Phi) is 5.00. The third-order valence-electron chi connectivity index (χ3n) is 4.48. The lowest BCUT2D eigenvalue weighted by atomic mass is 9.95. The number of aliphatic hydroxyl groups excluding tert-OH is 2. The molecule has 1 fully saturated rings. The van der Waals surface area contributed by atoms with Crippen LogP contribution in [0.4, 0.5) is 0 Å². The fourth-order valence-electron chi connectivity index (χ4n) is 3.05. The average Bonchev–Trinajstić information content (AvgIpc) is 2.72. The molecular formula is C15H25N3O3. The number of carbonyl (C=O) groups is 1. The molecule has 1 saturated heterocycles. The highest BCUT2D eigenvalue weighted by Gasteiger charge is 2.29. The number of aliphatic hydroxyl groups is 2. The van der Waals surface area contributed by atoms with E-state index in [9.17, 15) is 9.90 Å². The predicted molar refractivity (Wildman–Crippen MR) is 78.9 cm³/mol. The number of piperidine rings is 1. The lowest BCUT2D eigenvalue weighted by molar-refractivity contribution is -0.137. The van der Waals surface area contributed by atoms with Crippen molar-refractivity contribution in [3.05, 3.63) is 17.0 Å². The first-order valence-electron chi connectivity index (χ1n) is 7.57. The molecule has 1 aliphatic heterocycles. The second kappa shape index (κ2) is 6.58. The van der Waals surface area contributed by atoms with Crippen LogP contribution in [-0.4, -0.2) is 56.6 Å². The van der Waals surface area contributed by atoms with Crippen LogP contribution in [0.25, 0.3) is 0 Å². The minimum atomic E-state index is -0.639. The topological polar surface area (TPSA) is 78.6 Å². The largest absolute Gasteiger partial charge is 0.396 e. The number of hydrogen-bond acceptors (Lipinski definition) is 4. The fraction of sp³-hybridized carbons (Fsp3) is 0.733. The van der Waals surface area contributed by atoms with Gasteiger partial charge in [-0.05, 0) is 32.3 Å². The average molecular weight is 295 g/mol. The molecule has 2 heterocycles. The van der Waals surface area contributed by atoms with Gasteiger partial charge in [0, 0.05) is 31.3 Å². The van der Waals surface area contributed by atoms with Crippen LogP contribution in [0.3, 0.4) is 0 Å². The molecule has 0 aromatic carbocycles. The van der Waals surface area contributed by atoms with Gasteiger partial charge in [-0.25, -0.2) is 0 Å². The van der Waals surface area contributed by atoms with E-state index in [1.807, 2.05) is 13.8 Å². The number of hydrogen-bond donors (Lipinski definition) is 2. The van der Waals surface area contributed by atoms with Gasteiger partial charge < -0.3 is 15.1 Å². The third-order valence-corrected chi connectivity index (χ3v) is 4.48. The predicted octanol–water partition coefficient (Wildman–Crippen LogP) is 0.264. The van der Waals surface area contributed by atoms with Gasteiger partial charge in [-0.3, -0.25) is 9.48 Å². The van der Waals surface area contributed by atoms with Crippen LogP contribution in [0.5, 0.6) is 0 Å². The smallest absolute Gasteiger partial charge is 0.244 e. The van der Waals surface area contributed by atoms with E-state index in [1.54, 1.807) is 9.58 Å². The zero-order valence-corrected chi connectivity index (χ0v) is 13.0. The highest BCUT2D eigenvalue weighted by Crippen LogP contribution is 2.18. The molecule has 2 rings (SSSR count). The number of rotatable bonds is 4. The Morgan fingerprint density at radius 1 is 1.43 bits per heavy atom. The SMILES string of the molecule is CCc1c(C)nn(CC(=O)N2CC[C@H](CO)[C@H](O)C2)c1C. The summed E-state index contributed by atoms with van der Waals surface area (Å²) < 4.78 is 1.75. The molecule has 0 bridgehead atoms. The van der Waals surface area contributed by atoms with E-state index in [-0.39, 0.29) is 25.0 Å². The van der Waals surface area contributed by atoms with Crippen LogP contribution in [0.15, 0.2) is 0 Å². The lowest BCUT2D eigenvalue weighted by Gasteiger charge is -2.35. The van der Waals surface area contributed by atoms with Crippen molar-refractivity contribution in [2.45, 2.75) is 46.3 Å². The van der Waals surface area contributed by atoms with E-state index in [2.05, 4.69) is 12.0 Å². The quantitative estimate of drug-likeness (QED) is 0.835. The zero-order valence-electron chi connectivity index (χ0n) is 13.0. The molecule has 21 heavy (non-hydrogen) atoms. The normalized spacial score (nSPS) is 22.6. The number of β-amino-alcohol motifs (C(OH)–C–C–N with tert-alkyl or cyclic N) is 1. The molecule has 6 heteroatoms. The molecular weight excluding hydrogens is 270 g/mol. The Balaban J connectivity index is 2.02. The van der Waals surface area contributed by atoms with Gasteiger partial charge in [0.1, 0.15) is 6.54 Å². The molecule has 0 unspecified atom stereocenters.